The number of ether oxygens (including phenoxy) is 1. The zero-order valence-corrected chi connectivity index (χ0v) is 26.5. The Kier molecular flexibility index (Phi) is 4.06. The van der Waals surface area contributed by atoms with Crippen LogP contribution in [0.2, 0.25) is 39.3 Å². The van der Waals surface area contributed by atoms with Crippen molar-refractivity contribution < 1.29 is 72.1 Å². The fourth-order valence-electron chi connectivity index (χ4n) is 3.72. The number of hydrogen-bond donors (Lipinski definition) is 1. The van der Waals surface area contributed by atoms with Gasteiger partial charge in [0.25, 0.3) is 0 Å². The molecule has 43 heavy (non-hydrogen) atoms. The summed E-state index contributed by atoms with van der Waals surface area (Å²) in [6, 6.07) is -11.6. The van der Waals surface area contributed by atoms with E-state index >= 15 is 0 Å². The Labute approximate surface area is 306 Å². The van der Waals surface area contributed by atoms with Crippen molar-refractivity contribution >= 4 is 28.6 Å². The Hall–Kier alpha value is -2.27. The van der Waals surface area contributed by atoms with Crippen LogP contribution in [0.25, 0.3) is 0 Å². The zero-order valence-electron chi connectivity index (χ0n) is 56.5. The molecule has 2 aliphatic carbocycles. The first kappa shape index (κ1) is 11.5. The molecule has 238 valence electrons. The Morgan fingerprint density at radius 3 is 1.42 bits per heavy atom. The number of carbonyl (C=O) groups excluding carboxylic acids is 1. The minimum atomic E-state index is -4.33. The van der Waals surface area contributed by atoms with E-state index in [0.29, 0.717) is 7.11 Å². The summed E-state index contributed by atoms with van der Waals surface area (Å²) in [7, 11) is -6.29. The first-order valence-electron chi connectivity index (χ1n) is 28.6. The summed E-state index contributed by atoms with van der Waals surface area (Å²) in [5.41, 5.74) is -10.4. The molecule has 0 aliphatic heterocycles. The minimum Gasteiger partial charge on any atom is -0.479 e. The number of hydrogen-bond acceptors (Lipinski definition) is 5. The van der Waals surface area contributed by atoms with E-state index in [1.807, 2.05) is 0 Å². The van der Waals surface area contributed by atoms with Crippen LogP contribution in [-0.4, -0.2) is 40.8 Å². The topological polar surface area (TPSA) is 82.1 Å². The summed E-state index contributed by atoms with van der Waals surface area (Å²) in [5, 5.41) is 10.6. The minimum absolute atomic E-state index is 0.694. The van der Waals surface area contributed by atoms with E-state index in [1.54, 1.807) is 0 Å². The van der Waals surface area contributed by atoms with Crippen molar-refractivity contribution in [2.45, 2.75) is 114 Å². The quantitative estimate of drug-likeness (QED) is 0.203. The maximum atomic E-state index is 13.7. The monoisotopic (exact) mass is 659 g/mol. The molecule has 2 aliphatic rings. The molecule has 2 atom stereocenters. The van der Waals surface area contributed by atoms with Crippen LogP contribution in [0, 0.1) is 11.8 Å². The van der Waals surface area contributed by atoms with Gasteiger partial charge >= 0.3 is 11.9 Å². The standard InChI is InChI=1S/C18H28O3Si.C17H26O3Si/c1-20-17(19)18(21-22(2,3)4,15-11-7-5-8-12-15)16-13-9-6-10-14-16;1-21(2,3)20-17(16(18)19,14-10-6-4-7-11-14)15-12-8-5-9-13-15/h5,7-8,11-12,16H,6,9-10,13-14H2,1-4H3;4,6-7,10-11,15H,5,8-9,12-13H2,1-3H3,(H,18,19)/i5D,6D2,7D,8D,9D2,10D2,11D,12D,13D2,14D2,16D;4D,5D2,6D,7D,8D2,9D2,10D,11D,12D2,13D2,15D. The molecule has 0 aromatic heterocycles. The fourth-order valence-corrected chi connectivity index (χ4v) is 6.14. The molecule has 0 heterocycles. The third-order valence-electron chi connectivity index (χ3n) is 5.10. The van der Waals surface area contributed by atoms with Gasteiger partial charge in [0.05, 0.1) is 20.8 Å². The van der Waals surface area contributed by atoms with Gasteiger partial charge in [-0.25, -0.2) is 9.59 Å². The third kappa shape index (κ3) is 8.90. The number of methoxy groups -OCH3 is 1. The zero-order chi connectivity index (χ0) is 60.2. The average Bonchev–Trinajstić information content (AvgIpc) is 3.24. The molecule has 2 aromatic rings. The van der Waals surface area contributed by atoms with Crippen molar-refractivity contribution in [3.8, 4) is 0 Å². The van der Waals surface area contributed by atoms with Crippen molar-refractivity contribution in [3.05, 3.63) is 71.6 Å². The van der Waals surface area contributed by atoms with Gasteiger partial charge < -0.3 is 18.7 Å². The summed E-state index contributed by atoms with van der Waals surface area (Å²) in [6.07, 6.45) is -41.1. The molecule has 0 saturated heterocycles. The number of carboxylic acids is 1. The summed E-state index contributed by atoms with van der Waals surface area (Å²) < 4.78 is 283. The van der Waals surface area contributed by atoms with E-state index in [0.717, 1.165) is 0 Å². The first-order chi connectivity index (χ1) is 32.7. The van der Waals surface area contributed by atoms with E-state index in [-0.39, 0.29) is 0 Å². The van der Waals surface area contributed by atoms with Crippen LogP contribution >= 0.6 is 0 Å². The smallest absolute Gasteiger partial charge is 0.342 e. The molecule has 6 nitrogen and oxygen atoms in total. The average molecular weight is 659 g/mol. The van der Waals surface area contributed by atoms with E-state index < -0.39 is 187 Å². The molecule has 0 radical (unpaired) electrons. The first-order valence-corrected chi connectivity index (χ1v) is 19.4. The van der Waals surface area contributed by atoms with Crippen LogP contribution in [0.4, 0.5) is 0 Å². The summed E-state index contributed by atoms with van der Waals surface area (Å²) in [6.45, 7) is 7.96. The number of carboxylic acid groups (broad SMARTS) is 1. The fraction of sp³-hybridized carbons (Fsp3) is 0.600. The van der Waals surface area contributed by atoms with Crippen molar-refractivity contribution in [1.82, 2.24) is 0 Å². The van der Waals surface area contributed by atoms with Gasteiger partial charge in [0.1, 0.15) is 0 Å². The van der Waals surface area contributed by atoms with Gasteiger partial charge in [-0.2, -0.15) is 0 Å². The highest BCUT2D eigenvalue weighted by molar-refractivity contribution is 6.70. The van der Waals surface area contributed by atoms with E-state index in [4.69, 9.17) is 56.1 Å². The number of aliphatic carboxylic acids is 1. The van der Waals surface area contributed by atoms with E-state index in [1.165, 1.54) is 39.3 Å². The van der Waals surface area contributed by atoms with Gasteiger partial charge in [0.15, 0.2) is 27.8 Å². The second kappa shape index (κ2) is 15.1. The molecule has 0 bridgehead atoms. The Balaban J connectivity index is 0.000000395. The SMILES string of the molecule is [2H]c1c([2H])c([2H])c(C(O[Si](C)(C)C)(C(=O)O)C2([2H])C([2H])([2H])C([2H])([2H])C([2H])([2H])C([2H])([2H])C2([2H])[2H])c([2H])c1[2H].[2H]c1c([2H])c([2H])c(C(O[Si](C)(C)C)(C(=O)OC)C2([2H])C([2H])([2H])C([2H])([2H])C([2H])([2H])C([2H])([2H])C2([2H])[2H])c([2H])c1[2H]. The molecule has 0 amide bonds. The maximum absolute atomic E-state index is 13.7. The lowest BCUT2D eigenvalue weighted by Crippen LogP contribution is -2.52. The maximum Gasteiger partial charge on any atom is 0.342 e. The molecular formula is C35H54O6Si2. The highest BCUT2D eigenvalue weighted by Gasteiger charge is 2.52. The predicted molar refractivity (Wildman–Crippen MR) is 178 cm³/mol. The number of carbonyl (C=O) groups is 2. The summed E-state index contributed by atoms with van der Waals surface area (Å²) >= 11 is 0. The lowest BCUT2D eigenvalue weighted by molar-refractivity contribution is -0.169. The molecule has 2 fully saturated rings. The van der Waals surface area contributed by atoms with Crippen molar-refractivity contribution in [1.29, 1.82) is 0 Å². The van der Waals surface area contributed by atoms with Crippen LogP contribution in [0.1, 0.15) is 119 Å². The van der Waals surface area contributed by atoms with E-state index in [9.17, 15) is 16.1 Å². The number of benzene rings is 2. The normalized spacial score (nSPS) is 43.7. The number of esters is 1. The van der Waals surface area contributed by atoms with E-state index in [2.05, 4.69) is 0 Å². The third-order valence-corrected chi connectivity index (χ3v) is 6.94. The Morgan fingerprint density at radius 1 is 0.721 bits per heavy atom. The molecule has 0 spiro atoms. The second-order valence-corrected chi connectivity index (χ2v) is 19.4. The van der Waals surface area contributed by atoms with Crippen molar-refractivity contribution in [2.75, 3.05) is 7.11 Å². The lowest BCUT2D eigenvalue weighted by atomic mass is 9.73. The largest absolute Gasteiger partial charge is 0.479 e. The van der Waals surface area contributed by atoms with Gasteiger partial charge in [-0.05, 0) is 75.9 Å². The highest BCUT2D eigenvalue weighted by Crippen LogP contribution is 2.46. The molecule has 8 heteroatoms. The van der Waals surface area contributed by atoms with Gasteiger partial charge in [0.2, 0.25) is 0 Å². The number of rotatable bonds is 10. The molecule has 2 saturated carbocycles. The van der Waals surface area contributed by atoms with Gasteiger partial charge in [0, 0.05) is 41.9 Å². The van der Waals surface area contributed by atoms with Crippen LogP contribution in [0.3, 0.4) is 0 Å². The Morgan fingerprint density at radius 2 is 1.07 bits per heavy atom. The van der Waals surface area contributed by atoms with Crippen LogP contribution in [0.15, 0.2) is 60.4 Å². The molecule has 1 N–H and O–H groups in total. The van der Waals surface area contributed by atoms with Crippen molar-refractivity contribution in [2.24, 2.45) is 11.8 Å². The van der Waals surface area contributed by atoms with Crippen LogP contribution in [-0.2, 0) is 34.4 Å². The highest BCUT2D eigenvalue weighted by atomic mass is 28.4. The molecule has 2 unspecified atom stereocenters. The lowest BCUT2D eigenvalue weighted by Gasteiger charge is -2.44. The van der Waals surface area contributed by atoms with Crippen LogP contribution in [0.5, 0.6) is 0 Å². The van der Waals surface area contributed by atoms with Gasteiger partial charge in [-0.15, -0.1) is 0 Å². The van der Waals surface area contributed by atoms with Crippen molar-refractivity contribution in [3.63, 3.8) is 0 Å². The summed E-state index contributed by atoms with van der Waals surface area (Å²) in [5.74, 6) is -12.8. The molecule has 4 rings (SSSR count). The van der Waals surface area contributed by atoms with Gasteiger partial charge in [-0.3, -0.25) is 0 Å². The Bertz CT molecular complexity index is 2540. The molecular weight excluding hydrogens is 573 g/mol. The van der Waals surface area contributed by atoms with Gasteiger partial charge in [-0.1, -0.05) is 98.7 Å². The summed E-state index contributed by atoms with van der Waals surface area (Å²) in [4.78, 5) is 26.9. The molecule has 2 aromatic carbocycles. The van der Waals surface area contributed by atoms with Crippen LogP contribution < -0.4 is 0 Å². The second-order valence-electron chi connectivity index (χ2n) is 10.6. The predicted octanol–water partition coefficient (Wildman–Crippen LogP) is 8.89.